The van der Waals surface area contributed by atoms with Gasteiger partial charge in [0.25, 0.3) is 0 Å². The molecule has 0 spiro atoms. The third kappa shape index (κ3) is 3.19. The van der Waals surface area contributed by atoms with Crippen molar-refractivity contribution in [3.8, 4) is 0 Å². The van der Waals surface area contributed by atoms with E-state index in [1.807, 2.05) is 0 Å². The molecule has 2 N–H and O–H groups in total. The van der Waals surface area contributed by atoms with E-state index in [-0.39, 0.29) is 18.3 Å². The molecule has 0 aromatic carbocycles. The number of hydrogen-bond donors (Lipinski definition) is 2. The molecular weight excluding hydrogens is 134 g/mol. The molecule has 0 radical (unpaired) electrons. The summed E-state index contributed by atoms with van der Waals surface area (Å²) in [6.45, 7) is 2.28. The fourth-order valence-corrected chi connectivity index (χ4v) is 0.521. The lowest BCUT2D eigenvalue weighted by Crippen LogP contribution is -2.41. The highest BCUT2D eigenvalue weighted by Crippen LogP contribution is 1.82. The SMILES string of the molecule is CC(=O)N[C@H](CO)C(C)=O. The van der Waals surface area contributed by atoms with Gasteiger partial charge in [0.15, 0.2) is 5.78 Å². The molecule has 0 aliphatic carbocycles. The number of ketones is 1. The highest BCUT2D eigenvalue weighted by Gasteiger charge is 2.12. The number of nitrogens with one attached hydrogen (secondary N) is 1. The zero-order valence-corrected chi connectivity index (χ0v) is 6.05. The second-order valence-electron chi connectivity index (χ2n) is 2.05. The van der Waals surface area contributed by atoms with Crippen molar-refractivity contribution in [2.24, 2.45) is 0 Å². The molecule has 1 atom stereocenters. The van der Waals surface area contributed by atoms with E-state index in [0.717, 1.165) is 0 Å². The van der Waals surface area contributed by atoms with E-state index in [9.17, 15) is 9.59 Å². The van der Waals surface area contributed by atoms with E-state index in [1.54, 1.807) is 0 Å². The Balaban J connectivity index is 3.83. The Morgan fingerprint density at radius 2 is 2.00 bits per heavy atom. The lowest BCUT2D eigenvalue weighted by Gasteiger charge is -2.09. The van der Waals surface area contributed by atoms with E-state index in [0.29, 0.717) is 0 Å². The topological polar surface area (TPSA) is 66.4 Å². The number of amides is 1. The minimum absolute atomic E-state index is 0.238. The quantitative estimate of drug-likeness (QED) is 0.539. The van der Waals surface area contributed by atoms with E-state index >= 15 is 0 Å². The van der Waals surface area contributed by atoms with Gasteiger partial charge in [-0.3, -0.25) is 9.59 Å². The van der Waals surface area contributed by atoms with Crippen LogP contribution in [0.2, 0.25) is 0 Å². The Labute approximate surface area is 59.2 Å². The van der Waals surface area contributed by atoms with Gasteiger partial charge in [-0.2, -0.15) is 0 Å². The van der Waals surface area contributed by atoms with Gasteiger partial charge in [0.05, 0.1) is 6.61 Å². The Morgan fingerprint density at radius 1 is 1.50 bits per heavy atom. The zero-order valence-electron chi connectivity index (χ0n) is 6.05. The lowest BCUT2D eigenvalue weighted by molar-refractivity contribution is -0.126. The summed E-state index contributed by atoms with van der Waals surface area (Å²) in [5.41, 5.74) is 0. The summed E-state index contributed by atoms with van der Waals surface area (Å²) in [6, 6.07) is -0.738. The first-order valence-corrected chi connectivity index (χ1v) is 2.96. The van der Waals surface area contributed by atoms with Gasteiger partial charge in [0, 0.05) is 6.92 Å². The molecule has 0 aromatic rings. The first kappa shape index (κ1) is 9.10. The summed E-state index contributed by atoms with van der Waals surface area (Å²) >= 11 is 0. The number of aliphatic hydroxyl groups is 1. The Bertz CT molecular complexity index is 144. The first-order chi connectivity index (χ1) is 4.57. The van der Waals surface area contributed by atoms with Crippen LogP contribution in [-0.2, 0) is 9.59 Å². The van der Waals surface area contributed by atoms with Crippen LogP contribution in [0, 0.1) is 0 Å². The number of carbonyl (C=O) groups excluding carboxylic acids is 2. The van der Waals surface area contributed by atoms with Gasteiger partial charge >= 0.3 is 0 Å². The molecule has 4 nitrogen and oxygen atoms in total. The van der Waals surface area contributed by atoms with Gasteiger partial charge in [0.1, 0.15) is 6.04 Å². The van der Waals surface area contributed by atoms with Crippen LogP contribution in [0.1, 0.15) is 13.8 Å². The minimum Gasteiger partial charge on any atom is -0.394 e. The number of hydrogen-bond acceptors (Lipinski definition) is 3. The molecule has 4 heteroatoms. The maximum Gasteiger partial charge on any atom is 0.217 e. The third-order valence-corrected chi connectivity index (χ3v) is 1.05. The first-order valence-electron chi connectivity index (χ1n) is 2.96. The molecule has 0 heterocycles. The van der Waals surface area contributed by atoms with Gasteiger partial charge in [0.2, 0.25) is 5.91 Å². The summed E-state index contributed by atoms with van der Waals surface area (Å²) in [4.78, 5) is 20.9. The fraction of sp³-hybridized carbons (Fsp3) is 0.667. The van der Waals surface area contributed by atoms with Crippen LogP contribution in [0.4, 0.5) is 0 Å². The average Bonchev–Trinajstić information content (AvgIpc) is 1.81. The fourth-order valence-electron chi connectivity index (χ4n) is 0.521. The summed E-state index contributed by atoms with van der Waals surface area (Å²) in [5, 5.41) is 10.8. The summed E-state index contributed by atoms with van der Waals surface area (Å²) in [7, 11) is 0. The van der Waals surface area contributed by atoms with Crippen LogP contribution < -0.4 is 5.32 Å². The Kier molecular flexibility index (Phi) is 3.64. The van der Waals surface area contributed by atoms with Crippen molar-refractivity contribution in [2.75, 3.05) is 6.61 Å². The van der Waals surface area contributed by atoms with Crippen molar-refractivity contribution in [1.29, 1.82) is 0 Å². The molecule has 0 aliphatic heterocycles. The highest BCUT2D eigenvalue weighted by atomic mass is 16.3. The molecule has 0 aliphatic rings. The molecule has 0 fully saturated rings. The monoisotopic (exact) mass is 145 g/mol. The Hall–Kier alpha value is -0.900. The van der Waals surface area contributed by atoms with Crippen molar-refractivity contribution < 1.29 is 14.7 Å². The van der Waals surface area contributed by atoms with E-state index in [4.69, 9.17) is 5.11 Å². The maximum absolute atomic E-state index is 10.5. The van der Waals surface area contributed by atoms with Gasteiger partial charge < -0.3 is 10.4 Å². The molecule has 0 rings (SSSR count). The van der Waals surface area contributed by atoms with Crippen molar-refractivity contribution in [1.82, 2.24) is 5.32 Å². The van der Waals surface area contributed by atoms with Crippen LogP contribution in [0.25, 0.3) is 0 Å². The molecular formula is C6H11NO3. The summed E-state index contributed by atoms with van der Waals surface area (Å²) in [6.07, 6.45) is 0. The normalized spacial score (nSPS) is 12.3. The lowest BCUT2D eigenvalue weighted by atomic mass is 10.2. The molecule has 0 unspecified atom stereocenters. The molecule has 0 saturated carbocycles. The van der Waals surface area contributed by atoms with Crippen molar-refractivity contribution in [3.63, 3.8) is 0 Å². The largest absolute Gasteiger partial charge is 0.394 e. The third-order valence-electron chi connectivity index (χ3n) is 1.05. The smallest absolute Gasteiger partial charge is 0.217 e. The van der Waals surface area contributed by atoms with Gasteiger partial charge in [-0.05, 0) is 6.92 Å². The predicted octanol–water partition coefficient (Wildman–Crippen LogP) is -0.928. The van der Waals surface area contributed by atoms with E-state index < -0.39 is 6.04 Å². The van der Waals surface area contributed by atoms with E-state index in [1.165, 1.54) is 13.8 Å². The molecule has 10 heavy (non-hydrogen) atoms. The number of aliphatic hydroxyl groups excluding tert-OH is 1. The molecule has 1 amide bonds. The van der Waals surface area contributed by atoms with Gasteiger partial charge in [-0.15, -0.1) is 0 Å². The standard InChI is InChI=1S/C6H11NO3/c1-4(9)6(3-8)7-5(2)10/h6,8H,3H2,1-2H3,(H,7,10)/t6-/m1/s1. The van der Waals surface area contributed by atoms with Crippen molar-refractivity contribution in [2.45, 2.75) is 19.9 Å². The van der Waals surface area contributed by atoms with Crippen LogP contribution in [0.5, 0.6) is 0 Å². The second kappa shape index (κ2) is 4.00. The molecule has 0 saturated heterocycles. The number of rotatable bonds is 3. The maximum atomic E-state index is 10.5. The highest BCUT2D eigenvalue weighted by molar-refractivity contribution is 5.86. The summed E-state index contributed by atoms with van der Waals surface area (Å²) < 4.78 is 0. The predicted molar refractivity (Wildman–Crippen MR) is 35.4 cm³/mol. The Morgan fingerprint density at radius 3 is 2.10 bits per heavy atom. The van der Waals surface area contributed by atoms with Crippen molar-refractivity contribution in [3.05, 3.63) is 0 Å². The van der Waals surface area contributed by atoms with Gasteiger partial charge in [-0.25, -0.2) is 0 Å². The molecule has 0 aromatic heterocycles. The minimum atomic E-state index is -0.738. The number of carbonyl (C=O) groups is 2. The number of Topliss-reactive ketones (excluding diaryl/α,β-unsaturated/α-hetero) is 1. The van der Waals surface area contributed by atoms with Crippen LogP contribution in [0.3, 0.4) is 0 Å². The van der Waals surface area contributed by atoms with Crippen molar-refractivity contribution >= 4 is 11.7 Å². The molecule has 0 bridgehead atoms. The van der Waals surface area contributed by atoms with Crippen LogP contribution in [-0.4, -0.2) is 29.4 Å². The molecule has 58 valence electrons. The summed E-state index contributed by atoms with van der Waals surface area (Å²) in [5.74, 6) is -0.549. The average molecular weight is 145 g/mol. The van der Waals surface area contributed by atoms with Crippen LogP contribution >= 0.6 is 0 Å². The van der Waals surface area contributed by atoms with Gasteiger partial charge in [-0.1, -0.05) is 0 Å². The second-order valence-corrected chi connectivity index (χ2v) is 2.05. The van der Waals surface area contributed by atoms with Crippen LogP contribution in [0.15, 0.2) is 0 Å². The van der Waals surface area contributed by atoms with E-state index in [2.05, 4.69) is 5.32 Å². The zero-order chi connectivity index (χ0) is 8.15.